The molecule has 0 spiro atoms. The van der Waals surface area contributed by atoms with Crippen molar-refractivity contribution < 1.29 is 4.79 Å². The van der Waals surface area contributed by atoms with Crippen LogP contribution in [0.4, 0.5) is 5.69 Å². The maximum absolute atomic E-state index is 11.2. The third-order valence-corrected chi connectivity index (χ3v) is 7.68. The molecule has 0 bridgehead atoms. The molecule has 0 aliphatic carbocycles. The van der Waals surface area contributed by atoms with Gasteiger partial charge in [0, 0.05) is 54.0 Å². The Labute approximate surface area is 218 Å². The van der Waals surface area contributed by atoms with Crippen molar-refractivity contribution in [3.05, 3.63) is 72.4 Å². The van der Waals surface area contributed by atoms with Crippen LogP contribution in [-0.2, 0) is 17.8 Å². The number of piperidine rings is 1. The summed E-state index contributed by atoms with van der Waals surface area (Å²) in [6.07, 6.45) is 10.2. The molecule has 37 heavy (non-hydrogen) atoms. The SMILES string of the molecule is CC(=O)Nc1ccc(CN(C)C2CCN(CCCc3c[nH]c4ccc(-n5cnnc5)cc34)C(C)C2)cc1. The Bertz CT molecular complexity index is 1310. The predicted molar refractivity (Wildman–Crippen MR) is 148 cm³/mol. The number of aryl methyl sites for hydroxylation is 1. The molecule has 3 heterocycles. The van der Waals surface area contributed by atoms with Crippen LogP contribution in [0.3, 0.4) is 0 Å². The van der Waals surface area contributed by atoms with E-state index in [0.717, 1.165) is 43.9 Å². The second-order valence-electron chi connectivity index (χ2n) is 10.4. The van der Waals surface area contributed by atoms with Crippen LogP contribution in [-0.4, -0.2) is 67.7 Å². The van der Waals surface area contributed by atoms with E-state index in [1.807, 2.05) is 16.7 Å². The molecule has 1 aliphatic rings. The smallest absolute Gasteiger partial charge is 0.221 e. The molecule has 0 radical (unpaired) electrons. The van der Waals surface area contributed by atoms with Gasteiger partial charge >= 0.3 is 0 Å². The van der Waals surface area contributed by atoms with Crippen LogP contribution in [0.15, 0.2) is 61.3 Å². The maximum atomic E-state index is 11.2. The van der Waals surface area contributed by atoms with Gasteiger partial charge in [-0.3, -0.25) is 14.3 Å². The number of benzene rings is 2. The summed E-state index contributed by atoms with van der Waals surface area (Å²) >= 11 is 0. The van der Waals surface area contributed by atoms with Crippen LogP contribution in [0.5, 0.6) is 0 Å². The summed E-state index contributed by atoms with van der Waals surface area (Å²) in [5, 5.41) is 12.0. The summed E-state index contributed by atoms with van der Waals surface area (Å²) in [4.78, 5) is 19.8. The van der Waals surface area contributed by atoms with Crippen LogP contribution < -0.4 is 5.32 Å². The van der Waals surface area contributed by atoms with Crippen molar-refractivity contribution in [3.63, 3.8) is 0 Å². The van der Waals surface area contributed by atoms with Gasteiger partial charge in [-0.05, 0) is 94.2 Å². The van der Waals surface area contributed by atoms with Gasteiger partial charge in [0.15, 0.2) is 0 Å². The highest BCUT2D eigenvalue weighted by Crippen LogP contribution is 2.25. The van der Waals surface area contributed by atoms with Gasteiger partial charge in [-0.2, -0.15) is 0 Å². The van der Waals surface area contributed by atoms with Crippen molar-refractivity contribution >= 4 is 22.5 Å². The number of H-pyrrole nitrogens is 1. The predicted octanol–water partition coefficient (Wildman–Crippen LogP) is 4.62. The highest BCUT2D eigenvalue weighted by atomic mass is 16.1. The highest BCUT2D eigenvalue weighted by Gasteiger charge is 2.27. The van der Waals surface area contributed by atoms with Crippen LogP contribution >= 0.6 is 0 Å². The van der Waals surface area contributed by atoms with Gasteiger partial charge in [0.2, 0.25) is 5.91 Å². The molecule has 1 fully saturated rings. The Balaban J connectivity index is 1.11. The average molecular weight is 500 g/mol. The number of hydrogen-bond acceptors (Lipinski definition) is 5. The number of hydrogen-bond donors (Lipinski definition) is 2. The molecule has 4 aromatic rings. The minimum atomic E-state index is -0.0374. The number of amides is 1. The van der Waals surface area contributed by atoms with Crippen LogP contribution in [0.1, 0.15) is 44.2 Å². The fourth-order valence-electron chi connectivity index (χ4n) is 5.58. The maximum Gasteiger partial charge on any atom is 0.221 e. The molecule has 2 aromatic carbocycles. The molecule has 8 heteroatoms. The molecule has 2 aromatic heterocycles. The first-order chi connectivity index (χ1) is 18.0. The summed E-state index contributed by atoms with van der Waals surface area (Å²) in [7, 11) is 2.24. The van der Waals surface area contributed by atoms with Gasteiger partial charge in [0.05, 0.1) is 0 Å². The molecule has 1 aliphatic heterocycles. The number of aromatic amines is 1. The first kappa shape index (κ1) is 25.2. The number of fused-ring (bicyclic) bond motifs is 1. The molecular formula is C29H37N7O. The summed E-state index contributed by atoms with van der Waals surface area (Å²) < 4.78 is 1.94. The number of carbonyl (C=O) groups excluding carboxylic acids is 1. The second-order valence-corrected chi connectivity index (χ2v) is 10.4. The third-order valence-electron chi connectivity index (χ3n) is 7.68. The first-order valence-corrected chi connectivity index (χ1v) is 13.2. The van der Waals surface area contributed by atoms with E-state index in [4.69, 9.17) is 0 Å². The molecular weight excluding hydrogens is 462 g/mol. The van der Waals surface area contributed by atoms with E-state index in [9.17, 15) is 4.79 Å². The summed E-state index contributed by atoms with van der Waals surface area (Å²) in [6, 6.07) is 15.8. The Morgan fingerprint density at radius 3 is 2.68 bits per heavy atom. The van der Waals surface area contributed by atoms with Crippen LogP contribution in [0, 0.1) is 0 Å². The Morgan fingerprint density at radius 1 is 1.16 bits per heavy atom. The van der Waals surface area contributed by atoms with Crippen molar-refractivity contribution in [2.24, 2.45) is 0 Å². The Hall–Kier alpha value is -3.49. The minimum absolute atomic E-state index is 0.0374. The lowest BCUT2D eigenvalue weighted by Crippen LogP contribution is -2.48. The van der Waals surface area contributed by atoms with Gasteiger partial charge in [-0.15, -0.1) is 10.2 Å². The van der Waals surface area contributed by atoms with E-state index >= 15 is 0 Å². The van der Waals surface area contributed by atoms with Gasteiger partial charge < -0.3 is 15.2 Å². The fourth-order valence-corrected chi connectivity index (χ4v) is 5.58. The third kappa shape index (κ3) is 6.09. The molecule has 2 unspecified atom stereocenters. The molecule has 1 amide bonds. The number of anilines is 1. The highest BCUT2D eigenvalue weighted by molar-refractivity contribution is 5.88. The van der Waals surface area contributed by atoms with Crippen molar-refractivity contribution in [1.29, 1.82) is 0 Å². The normalized spacial score (nSPS) is 18.5. The zero-order valence-electron chi connectivity index (χ0n) is 22.0. The Kier molecular flexibility index (Phi) is 7.67. The molecule has 8 nitrogen and oxygen atoms in total. The molecule has 1 saturated heterocycles. The lowest BCUT2D eigenvalue weighted by molar-refractivity contribution is -0.114. The van der Waals surface area contributed by atoms with E-state index in [1.165, 1.54) is 41.8 Å². The molecule has 2 N–H and O–H groups in total. The quantitative estimate of drug-likeness (QED) is 0.351. The van der Waals surface area contributed by atoms with E-state index in [0.29, 0.717) is 12.1 Å². The van der Waals surface area contributed by atoms with Crippen molar-refractivity contribution in [2.75, 3.05) is 25.5 Å². The van der Waals surface area contributed by atoms with E-state index < -0.39 is 0 Å². The van der Waals surface area contributed by atoms with Gasteiger partial charge in [0.1, 0.15) is 12.7 Å². The average Bonchev–Trinajstić information content (AvgIpc) is 3.56. The molecule has 194 valence electrons. The lowest BCUT2D eigenvalue weighted by Gasteiger charge is -2.41. The van der Waals surface area contributed by atoms with Crippen LogP contribution in [0.25, 0.3) is 16.6 Å². The number of nitrogens with one attached hydrogen (secondary N) is 2. The number of rotatable bonds is 9. The van der Waals surface area contributed by atoms with Gasteiger partial charge in [-0.25, -0.2) is 0 Å². The van der Waals surface area contributed by atoms with Crippen molar-refractivity contribution in [2.45, 2.75) is 58.2 Å². The number of aromatic nitrogens is 4. The largest absolute Gasteiger partial charge is 0.361 e. The standard InChI is InChI=1S/C29H37N7O/c1-21-15-26(34(3)18-23-6-8-25(9-7-23)33-22(2)37)12-14-35(21)13-4-5-24-17-30-29-11-10-27(16-28(24)29)36-19-31-32-20-36/h6-11,16-17,19-21,26,30H,4-5,12-15,18H2,1-3H3,(H,33,37). The minimum Gasteiger partial charge on any atom is -0.361 e. The molecule has 2 atom stereocenters. The monoisotopic (exact) mass is 499 g/mol. The topological polar surface area (TPSA) is 82.1 Å². The zero-order valence-corrected chi connectivity index (χ0v) is 22.0. The summed E-state index contributed by atoms with van der Waals surface area (Å²) in [5.74, 6) is -0.0374. The van der Waals surface area contributed by atoms with Crippen LogP contribution in [0.2, 0.25) is 0 Å². The number of carbonyl (C=O) groups is 1. The van der Waals surface area contributed by atoms with E-state index in [-0.39, 0.29) is 5.91 Å². The fraction of sp³-hybridized carbons (Fsp3) is 0.414. The summed E-state index contributed by atoms with van der Waals surface area (Å²) in [6.45, 7) is 7.10. The van der Waals surface area contributed by atoms with E-state index in [1.54, 1.807) is 12.7 Å². The zero-order chi connectivity index (χ0) is 25.8. The number of nitrogens with zero attached hydrogens (tertiary/aromatic N) is 5. The van der Waals surface area contributed by atoms with Crippen molar-refractivity contribution in [1.82, 2.24) is 29.5 Å². The van der Waals surface area contributed by atoms with E-state index in [2.05, 4.69) is 80.8 Å². The van der Waals surface area contributed by atoms with Crippen molar-refractivity contribution in [3.8, 4) is 5.69 Å². The summed E-state index contributed by atoms with van der Waals surface area (Å²) in [5.41, 5.74) is 5.76. The first-order valence-electron chi connectivity index (χ1n) is 13.2. The molecule has 5 rings (SSSR count). The van der Waals surface area contributed by atoms with Gasteiger partial charge in [0.25, 0.3) is 0 Å². The Morgan fingerprint density at radius 2 is 1.95 bits per heavy atom. The lowest BCUT2D eigenvalue weighted by atomic mass is 9.96. The van der Waals surface area contributed by atoms with Gasteiger partial charge in [-0.1, -0.05) is 12.1 Å². The number of likely N-dealkylation sites (tertiary alicyclic amines) is 1. The molecule has 0 saturated carbocycles. The second kappa shape index (κ2) is 11.3.